The minimum absolute atomic E-state index is 0.0175. The molecule has 7 nitrogen and oxygen atoms in total. The molecule has 0 N–H and O–H groups in total. The second-order valence-electron chi connectivity index (χ2n) is 3.44. The van der Waals surface area contributed by atoms with Crippen LogP contribution in [-0.2, 0) is 16.4 Å². The Balaban J connectivity index is 2.95. The van der Waals surface area contributed by atoms with Gasteiger partial charge in [-0.1, -0.05) is 18.5 Å². The van der Waals surface area contributed by atoms with Gasteiger partial charge in [-0.2, -0.15) is 5.10 Å². The number of halogens is 1. The first-order valence-electron chi connectivity index (χ1n) is 4.86. The number of aryl methyl sites for hydroxylation is 2. The van der Waals surface area contributed by atoms with E-state index in [-0.39, 0.29) is 34.6 Å². The van der Waals surface area contributed by atoms with E-state index in [0.29, 0.717) is 0 Å². The van der Waals surface area contributed by atoms with Crippen molar-refractivity contribution in [3.8, 4) is 0 Å². The molecule has 1 rings (SSSR count). The van der Waals surface area contributed by atoms with Crippen LogP contribution >= 0.6 is 11.6 Å². The van der Waals surface area contributed by atoms with Crippen molar-refractivity contribution in [2.24, 2.45) is 0 Å². The van der Waals surface area contributed by atoms with Crippen molar-refractivity contribution in [2.45, 2.75) is 20.4 Å². The van der Waals surface area contributed by atoms with Gasteiger partial charge in [0.25, 0.3) is 0 Å². The predicted molar refractivity (Wildman–Crippen MR) is 63.0 cm³/mol. The standard InChI is InChI=1S/C8H12ClN3O4S/c1-3-17(15,16)5-4-11-8(9)7(12(13)14)6(2)10-11/h3-5H2,1-2H3. The number of aromatic nitrogens is 2. The topological polar surface area (TPSA) is 95.1 Å². The Kier molecular flexibility index (Phi) is 4.10. The van der Waals surface area contributed by atoms with Crippen molar-refractivity contribution in [3.05, 3.63) is 21.0 Å². The number of nitro groups is 1. The zero-order chi connectivity index (χ0) is 13.2. The molecule has 0 aliphatic rings. The van der Waals surface area contributed by atoms with Crippen LogP contribution in [0.5, 0.6) is 0 Å². The third-order valence-corrected chi connectivity index (χ3v) is 4.33. The SMILES string of the molecule is CCS(=O)(=O)CCn1nc(C)c([N+](=O)[O-])c1Cl. The Morgan fingerprint density at radius 3 is 2.53 bits per heavy atom. The molecule has 0 unspecified atom stereocenters. The van der Waals surface area contributed by atoms with Crippen molar-refractivity contribution in [1.82, 2.24) is 9.78 Å². The number of hydrogen-bond acceptors (Lipinski definition) is 5. The summed E-state index contributed by atoms with van der Waals surface area (Å²) in [6.45, 7) is 3.01. The molecule has 0 saturated carbocycles. The molecule has 0 bridgehead atoms. The van der Waals surface area contributed by atoms with Gasteiger partial charge in [0.05, 0.1) is 17.2 Å². The lowest BCUT2D eigenvalue weighted by Gasteiger charge is -2.02. The monoisotopic (exact) mass is 281 g/mol. The molecule has 1 heterocycles. The first-order chi connectivity index (χ1) is 7.78. The molecule has 0 saturated heterocycles. The van der Waals surface area contributed by atoms with E-state index >= 15 is 0 Å². The van der Waals surface area contributed by atoms with Crippen molar-refractivity contribution >= 4 is 27.1 Å². The van der Waals surface area contributed by atoms with E-state index in [0.717, 1.165) is 4.68 Å². The summed E-state index contributed by atoms with van der Waals surface area (Å²) in [7, 11) is -3.15. The van der Waals surface area contributed by atoms with Gasteiger partial charge in [0.1, 0.15) is 5.69 Å². The second-order valence-corrected chi connectivity index (χ2v) is 6.27. The molecule has 0 atom stereocenters. The maximum absolute atomic E-state index is 11.3. The molecule has 0 aliphatic heterocycles. The first kappa shape index (κ1) is 13.9. The van der Waals surface area contributed by atoms with Crippen LogP contribution in [0.4, 0.5) is 5.69 Å². The van der Waals surface area contributed by atoms with Crippen LogP contribution in [0, 0.1) is 17.0 Å². The van der Waals surface area contributed by atoms with Gasteiger partial charge in [0.2, 0.25) is 5.15 Å². The van der Waals surface area contributed by atoms with Gasteiger partial charge in [-0.25, -0.2) is 13.1 Å². The molecule has 0 aliphatic carbocycles. The molecule has 17 heavy (non-hydrogen) atoms. The summed E-state index contributed by atoms with van der Waals surface area (Å²) in [6, 6.07) is 0. The molecule has 0 radical (unpaired) electrons. The van der Waals surface area contributed by atoms with Gasteiger partial charge in [-0.15, -0.1) is 0 Å². The molecular weight excluding hydrogens is 270 g/mol. The van der Waals surface area contributed by atoms with E-state index in [9.17, 15) is 18.5 Å². The van der Waals surface area contributed by atoms with Crippen molar-refractivity contribution in [3.63, 3.8) is 0 Å². The summed E-state index contributed by atoms with van der Waals surface area (Å²) in [6.07, 6.45) is 0. The summed E-state index contributed by atoms with van der Waals surface area (Å²) < 4.78 is 23.7. The highest BCUT2D eigenvalue weighted by Gasteiger charge is 2.24. The third kappa shape index (κ3) is 3.16. The van der Waals surface area contributed by atoms with Crippen LogP contribution in [0.1, 0.15) is 12.6 Å². The smallest absolute Gasteiger partial charge is 0.258 e. The number of hydrogen-bond donors (Lipinski definition) is 0. The Morgan fingerprint density at radius 2 is 2.12 bits per heavy atom. The fourth-order valence-electron chi connectivity index (χ4n) is 1.27. The van der Waals surface area contributed by atoms with E-state index < -0.39 is 14.8 Å². The molecule has 1 aromatic rings. The number of rotatable bonds is 5. The Hall–Kier alpha value is -1.15. The highest BCUT2D eigenvalue weighted by atomic mass is 35.5. The lowest BCUT2D eigenvalue weighted by atomic mass is 10.4. The lowest BCUT2D eigenvalue weighted by molar-refractivity contribution is -0.385. The van der Waals surface area contributed by atoms with Crippen molar-refractivity contribution < 1.29 is 13.3 Å². The Labute approximate surface area is 103 Å². The molecule has 1 aromatic heterocycles. The average molecular weight is 282 g/mol. The van der Waals surface area contributed by atoms with E-state index in [2.05, 4.69) is 5.10 Å². The summed E-state index contributed by atoms with van der Waals surface area (Å²) in [5, 5.41) is 14.4. The van der Waals surface area contributed by atoms with Gasteiger partial charge in [-0.05, 0) is 6.92 Å². The lowest BCUT2D eigenvalue weighted by Crippen LogP contribution is -2.15. The van der Waals surface area contributed by atoms with Gasteiger partial charge >= 0.3 is 5.69 Å². The second kappa shape index (κ2) is 5.01. The van der Waals surface area contributed by atoms with E-state index in [1.165, 1.54) is 13.8 Å². The molecule has 9 heteroatoms. The van der Waals surface area contributed by atoms with Gasteiger partial charge < -0.3 is 0 Å². The van der Waals surface area contributed by atoms with Crippen LogP contribution in [0.2, 0.25) is 5.15 Å². The first-order valence-corrected chi connectivity index (χ1v) is 7.06. The molecule has 0 aromatic carbocycles. The minimum atomic E-state index is -3.15. The number of sulfone groups is 1. The van der Waals surface area contributed by atoms with Crippen molar-refractivity contribution in [1.29, 1.82) is 0 Å². The highest BCUT2D eigenvalue weighted by Crippen LogP contribution is 2.27. The fraction of sp³-hybridized carbons (Fsp3) is 0.625. The summed E-state index contributed by atoms with van der Waals surface area (Å²) >= 11 is 5.76. The quantitative estimate of drug-likeness (QED) is 0.597. The van der Waals surface area contributed by atoms with E-state index in [1.807, 2.05) is 0 Å². The summed E-state index contributed by atoms with van der Waals surface area (Å²) in [5.41, 5.74) is -0.102. The average Bonchev–Trinajstić information content (AvgIpc) is 2.51. The Morgan fingerprint density at radius 1 is 1.53 bits per heavy atom. The fourth-order valence-corrected chi connectivity index (χ4v) is 2.34. The molecule has 0 amide bonds. The van der Waals surface area contributed by atoms with Crippen LogP contribution < -0.4 is 0 Å². The van der Waals surface area contributed by atoms with E-state index in [4.69, 9.17) is 11.6 Å². The summed E-state index contributed by atoms with van der Waals surface area (Å²) in [5.74, 6) is -0.117. The molecule has 0 fully saturated rings. The highest BCUT2D eigenvalue weighted by molar-refractivity contribution is 7.91. The van der Waals surface area contributed by atoms with Crippen LogP contribution in [0.3, 0.4) is 0 Å². The van der Waals surface area contributed by atoms with Crippen LogP contribution in [0.15, 0.2) is 0 Å². The van der Waals surface area contributed by atoms with Crippen molar-refractivity contribution in [2.75, 3.05) is 11.5 Å². The summed E-state index contributed by atoms with van der Waals surface area (Å²) in [4.78, 5) is 10.0. The van der Waals surface area contributed by atoms with Crippen LogP contribution in [0.25, 0.3) is 0 Å². The minimum Gasteiger partial charge on any atom is -0.258 e. The number of nitrogens with zero attached hydrogens (tertiary/aromatic N) is 3. The largest absolute Gasteiger partial charge is 0.328 e. The molecule has 96 valence electrons. The Bertz CT molecular complexity index is 537. The normalized spacial score (nSPS) is 11.7. The maximum atomic E-state index is 11.3. The van der Waals surface area contributed by atoms with Gasteiger partial charge in [0, 0.05) is 5.75 Å². The van der Waals surface area contributed by atoms with Crippen LogP contribution in [-0.4, -0.2) is 34.6 Å². The predicted octanol–water partition coefficient (Wildman–Crippen LogP) is 1.19. The zero-order valence-corrected chi connectivity index (χ0v) is 11.0. The van der Waals surface area contributed by atoms with E-state index in [1.54, 1.807) is 0 Å². The van der Waals surface area contributed by atoms with Gasteiger partial charge in [0.15, 0.2) is 9.84 Å². The molecule has 0 spiro atoms. The third-order valence-electron chi connectivity index (χ3n) is 2.27. The zero-order valence-electron chi connectivity index (χ0n) is 9.38. The maximum Gasteiger partial charge on any atom is 0.328 e. The molecular formula is C8H12ClN3O4S. The van der Waals surface area contributed by atoms with Gasteiger partial charge in [-0.3, -0.25) is 10.1 Å².